The SMILES string of the molecule is Cc1nnc(COc2ccc(C3=NN=C(Cc4ccc5[nH]ncc5c4)C3)cc2)o1. The minimum atomic E-state index is 0.245. The topological polar surface area (TPSA) is 102 Å². The fourth-order valence-electron chi connectivity index (χ4n) is 3.27. The van der Waals surface area contributed by atoms with Crippen LogP contribution in [0.1, 0.15) is 29.3 Å². The van der Waals surface area contributed by atoms with Crippen molar-refractivity contribution in [1.82, 2.24) is 20.4 Å². The number of aromatic amines is 1. The number of hydrogen-bond donors (Lipinski definition) is 1. The average Bonchev–Trinajstić information content (AvgIpc) is 3.48. The lowest BCUT2D eigenvalue weighted by atomic mass is 10.0. The quantitative estimate of drug-likeness (QED) is 0.545. The van der Waals surface area contributed by atoms with E-state index in [0.717, 1.165) is 46.5 Å². The summed E-state index contributed by atoms with van der Waals surface area (Å²) in [5, 5.41) is 24.6. The van der Waals surface area contributed by atoms with Crippen molar-refractivity contribution in [3.63, 3.8) is 0 Å². The number of hydrogen-bond acceptors (Lipinski definition) is 7. The van der Waals surface area contributed by atoms with Gasteiger partial charge in [0.05, 0.1) is 23.1 Å². The zero-order valence-electron chi connectivity index (χ0n) is 15.8. The summed E-state index contributed by atoms with van der Waals surface area (Å²) in [7, 11) is 0. The highest BCUT2D eigenvalue weighted by molar-refractivity contribution is 6.15. The summed E-state index contributed by atoms with van der Waals surface area (Å²) in [4.78, 5) is 0. The molecule has 29 heavy (non-hydrogen) atoms. The monoisotopic (exact) mass is 386 g/mol. The molecular formula is C21H18N6O2. The second-order valence-corrected chi connectivity index (χ2v) is 6.89. The third kappa shape index (κ3) is 3.77. The largest absolute Gasteiger partial charge is 0.484 e. The number of nitrogens with one attached hydrogen (secondary N) is 1. The molecule has 1 aliphatic rings. The summed E-state index contributed by atoms with van der Waals surface area (Å²) < 4.78 is 11.0. The van der Waals surface area contributed by atoms with E-state index in [2.05, 4.69) is 42.7 Å². The number of ether oxygens (including phenoxy) is 1. The summed E-state index contributed by atoms with van der Waals surface area (Å²) in [5.41, 5.74) is 5.29. The third-order valence-electron chi connectivity index (χ3n) is 4.71. The van der Waals surface area contributed by atoms with Gasteiger partial charge in [-0.15, -0.1) is 10.2 Å². The van der Waals surface area contributed by atoms with Crippen LogP contribution in [0.2, 0.25) is 0 Å². The lowest BCUT2D eigenvalue weighted by Crippen LogP contribution is -2.07. The van der Waals surface area contributed by atoms with Crippen LogP contribution in [0.5, 0.6) is 5.75 Å². The molecule has 4 aromatic rings. The van der Waals surface area contributed by atoms with Crippen LogP contribution in [0.3, 0.4) is 0 Å². The Morgan fingerprint density at radius 3 is 2.79 bits per heavy atom. The Morgan fingerprint density at radius 1 is 1.07 bits per heavy atom. The minimum absolute atomic E-state index is 0.245. The molecular weight excluding hydrogens is 368 g/mol. The number of rotatable bonds is 6. The van der Waals surface area contributed by atoms with Crippen LogP contribution in [0.4, 0.5) is 0 Å². The fourth-order valence-corrected chi connectivity index (χ4v) is 3.27. The summed E-state index contributed by atoms with van der Waals surface area (Å²) in [5.74, 6) is 1.72. The molecule has 0 radical (unpaired) electrons. The Labute approximate surface area is 166 Å². The van der Waals surface area contributed by atoms with Gasteiger partial charge in [0.2, 0.25) is 5.89 Å². The Hall–Kier alpha value is -3.81. The molecule has 0 fully saturated rings. The van der Waals surface area contributed by atoms with Crippen LogP contribution < -0.4 is 4.74 Å². The van der Waals surface area contributed by atoms with Crippen LogP contribution >= 0.6 is 0 Å². The average molecular weight is 386 g/mol. The highest BCUT2D eigenvalue weighted by Gasteiger charge is 2.15. The van der Waals surface area contributed by atoms with Gasteiger partial charge < -0.3 is 9.15 Å². The van der Waals surface area contributed by atoms with Crippen LogP contribution in [0.15, 0.2) is 63.3 Å². The second-order valence-electron chi connectivity index (χ2n) is 6.89. The molecule has 1 aliphatic heterocycles. The zero-order chi connectivity index (χ0) is 19.6. The zero-order valence-corrected chi connectivity index (χ0v) is 15.8. The van der Waals surface area contributed by atoms with E-state index in [0.29, 0.717) is 11.8 Å². The number of aromatic nitrogens is 4. The molecule has 8 nitrogen and oxygen atoms in total. The van der Waals surface area contributed by atoms with Crippen LogP contribution in [-0.4, -0.2) is 31.8 Å². The molecule has 0 bridgehead atoms. The van der Waals surface area contributed by atoms with Gasteiger partial charge in [-0.3, -0.25) is 5.10 Å². The first-order chi connectivity index (χ1) is 14.2. The molecule has 0 unspecified atom stereocenters. The summed E-state index contributed by atoms with van der Waals surface area (Å²) in [6.45, 7) is 2.00. The Balaban J connectivity index is 1.19. The molecule has 2 aromatic heterocycles. The first-order valence-corrected chi connectivity index (χ1v) is 9.29. The van der Waals surface area contributed by atoms with Gasteiger partial charge in [-0.25, -0.2) is 0 Å². The second kappa shape index (κ2) is 7.31. The minimum Gasteiger partial charge on any atom is -0.484 e. The first-order valence-electron chi connectivity index (χ1n) is 9.29. The van der Waals surface area contributed by atoms with Crippen molar-refractivity contribution in [2.75, 3.05) is 0 Å². The van der Waals surface area contributed by atoms with Crippen molar-refractivity contribution in [1.29, 1.82) is 0 Å². The van der Waals surface area contributed by atoms with Gasteiger partial charge in [0.15, 0.2) is 6.61 Å². The van der Waals surface area contributed by atoms with Gasteiger partial charge in [-0.2, -0.15) is 15.3 Å². The van der Waals surface area contributed by atoms with Gasteiger partial charge in [0.25, 0.3) is 5.89 Å². The van der Waals surface area contributed by atoms with Crippen molar-refractivity contribution < 1.29 is 9.15 Å². The molecule has 0 spiro atoms. The first kappa shape index (κ1) is 17.3. The predicted molar refractivity (Wildman–Crippen MR) is 108 cm³/mol. The number of fused-ring (bicyclic) bond motifs is 1. The highest BCUT2D eigenvalue weighted by atomic mass is 16.5. The molecule has 5 rings (SSSR count). The number of H-pyrrole nitrogens is 1. The van der Waals surface area contributed by atoms with Gasteiger partial charge in [0, 0.05) is 25.2 Å². The third-order valence-corrected chi connectivity index (χ3v) is 4.71. The Morgan fingerprint density at radius 2 is 1.97 bits per heavy atom. The van der Waals surface area contributed by atoms with E-state index in [9.17, 15) is 0 Å². The highest BCUT2D eigenvalue weighted by Crippen LogP contribution is 2.20. The van der Waals surface area contributed by atoms with Gasteiger partial charge in [-0.1, -0.05) is 6.07 Å². The van der Waals surface area contributed by atoms with E-state index in [1.54, 1.807) is 6.92 Å². The molecule has 2 aromatic carbocycles. The van der Waals surface area contributed by atoms with Gasteiger partial charge in [-0.05, 0) is 47.5 Å². The summed E-state index contributed by atoms with van der Waals surface area (Å²) in [6.07, 6.45) is 3.35. The Bertz CT molecular complexity index is 1220. The fraction of sp³-hybridized carbons (Fsp3) is 0.190. The van der Waals surface area contributed by atoms with E-state index >= 15 is 0 Å². The molecule has 1 N–H and O–H groups in total. The lowest BCUT2D eigenvalue weighted by Gasteiger charge is -2.06. The van der Waals surface area contributed by atoms with Crippen LogP contribution in [0.25, 0.3) is 10.9 Å². The van der Waals surface area contributed by atoms with Crippen LogP contribution in [0, 0.1) is 6.92 Å². The maximum atomic E-state index is 5.68. The van der Waals surface area contributed by atoms with Crippen molar-refractivity contribution in [2.24, 2.45) is 10.2 Å². The number of benzene rings is 2. The van der Waals surface area contributed by atoms with E-state index in [-0.39, 0.29) is 6.61 Å². The van der Waals surface area contributed by atoms with E-state index in [1.165, 1.54) is 5.56 Å². The molecule has 0 amide bonds. The molecule has 0 atom stereocenters. The van der Waals surface area contributed by atoms with Gasteiger partial charge >= 0.3 is 0 Å². The molecule has 3 heterocycles. The molecule has 0 saturated carbocycles. The number of nitrogens with zero attached hydrogens (tertiary/aromatic N) is 5. The molecule has 0 aliphatic carbocycles. The molecule has 0 saturated heterocycles. The lowest BCUT2D eigenvalue weighted by molar-refractivity contribution is 0.260. The molecule has 8 heteroatoms. The van der Waals surface area contributed by atoms with E-state index in [1.807, 2.05) is 36.5 Å². The maximum Gasteiger partial charge on any atom is 0.253 e. The van der Waals surface area contributed by atoms with E-state index < -0.39 is 0 Å². The van der Waals surface area contributed by atoms with Gasteiger partial charge in [0.1, 0.15) is 5.75 Å². The smallest absolute Gasteiger partial charge is 0.253 e. The normalized spacial score (nSPS) is 13.6. The molecule has 144 valence electrons. The maximum absolute atomic E-state index is 5.68. The van der Waals surface area contributed by atoms with Crippen molar-refractivity contribution in [3.8, 4) is 5.75 Å². The summed E-state index contributed by atoms with van der Waals surface area (Å²) in [6, 6.07) is 14.1. The van der Waals surface area contributed by atoms with Crippen molar-refractivity contribution in [3.05, 3.63) is 71.6 Å². The summed E-state index contributed by atoms with van der Waals surface area (Å²) >= 11 is 0. The standard InChI is InChI=1S/C21H18N6O2/c1-13-23-27-21(29-13)12-28-18-5-3-15(4-6-18)20-10-17(24-26-20)9-14-2-7-19-16(8-14)11-22-25-19/h2-8,11H,9-10,12H2,1H3,(H,22,25). The predicted octanol–water partition coefficient (Wildman–Crippen LogP) is 3.62. The van der Waals surface area contributed by atoms with Crippen molar-refractivity contribution in [2.45, 2.75) is 26.4 Å². The number of aryl methyl sites for hydroxylation is 1. The van der Waals surface area contributed by atoms with Crippen molar-refractivity contribution >= 4 is 22.3 Å². The Kier molecular flexibility index (Phi) is 4.36. The van der Waals surface area contributed by atoms with E-state index in [4.69, 9.17) is 9.15 Å². The van der Waals surface area contributed by atoms with Crippen LogP contribution in [-0.2, 0) is 13.0 Å².